The third-order valence-corrected chi connectivity index (χ3v) is 3.70. The molecule has 2 aliphatic rings. The summed E-state index contributed by atoms with van der Waals surface area (Å²) in [4.78, 5) is 13.9. The molecule has 1 amide bonds. The lowest BCUT2D eigenvalue weighted by atomic mass is 9.67. The zero-order valence-electron chi connectivity index (χ0n) is 8.66. The summed E-state index contributed by atoms with van der Waals surface area (Å²) in [6, 6.07) is 0. The maximum Gasteiger partial charge on any atom is 0.227 e. The zero-order valence-corrected chi connectivity index (χ0v) is 9.48. The molecular weight excluding hydrogens is 200 g/mol. The maximum atomic E-state index is 11.8. The maximum absolute atomic E-state index is 11.8. The van der Waals surface area contributed by atoms with Crippen LogP contribution in [0.25, 0.3) is 0 Å². The minimum absolute atomic E-state index is 0. The molecule has 1 heterocycles. The summed E-state index contributed by atoms with van der Waals surface area (Å²) in [5.41, 5.74) is 5.78. The van der Waals surface area contributed by atoms with Crippen LogP contribution in [0.15, 0.2) is 0 Å². The Bertz CT molecular complexity index is 223. The van der Waals surface area contributed by atoms with Crippen LogP contribution in [-0.4, -0.2) is 29.4 Å². The van der Waals surface area contributed by atoms with Crippen LogP contribution in [0, 0.1) is 5.92 Å². The summed E-state index contributed by atoms with van der Waals surface area (Å²) in [5, 5.41) is 0. The van der Waals surface area contributed by atoms with Crippen molar-refractivity contribution in [3.05, 3.63) is 0 Å². The summed E-state index contributed by atoms with van der Waals surface area (Å²) < 4.78 is 0. The van der Waals surface area contributed by atoms with Crippen LogP contribution in [0.5, 0.6) is 0 Å². The van der Waals surface area contributed by atoms with Gasteiger partial charge in [0.1, 0.15) is 0 Å². The Balaban J connectivity index is 0.000000980. The molecule has 1 atom stereocenters. The molecule has 2 N–H and O–H groups in total. The van der Waals surface area contributed by atoms with Gasteiger partial charge in [0.15, 0.2) is 0 Å². The molecular formula is C10H19ClN2O. The van der Waals surface area contributed by atoms with E-state index < -0.39 is 0 Å². The van der Waals surface area contributed by atoms with E-state index in [2.05, 4.69) is 4.90 Å². The summed E-state index contributed by atoms with van der Waals surface area (Å²) in [6.07, 6.45) is 4.95. The minimum Gasteiger partial charge on any atom is -0.337 e. The SMILES string of the molecule is CC(CN)C(=O)N1CCC12CCC2.Cl. The van der Waals surface area contributed by atoms with Gasteiger partial charge in [-0.3, -0.25) is 4.79 Å². The second-order valence-electron chi connectivity index (χ2n) is 4.45. The molecule has 0 radical (unpaired) electrons. The van der Waals surface area contributed by atoms with Crippen molar-refractivity contribution in [2.24, 2.45) is 11.7 Å². The first kappa shape index (κ1) is 11.8. The van der Waals surface area contributed by atoms with Crippen LogP contribution in [0.4, 0.5) is 0 Å². The fraction of sp³-hybridized carbons (Fsp3) is 0.900. The Morgan fingerprint density at radius 3 is 2.43 bits per heavy atom. The van der Waals surface area contributed by atoms with Crippen molar-refractivity contribution in [1.29, 1.82) is 0 Å². The van der Waals surface area contributed by atoms with E-state index in [1.54, 1.807) is 0 Å². The summed E-state index contributed by atoms with van der Waals surface area (Å²) in [5.74, 6) is 0.284. The van der Waals surface area contributed by atoms with E-state index in [-0.39, 0.29) is 24.2 Å². The first-order valence-corrected chi connectivity index (χ1v) is 5.21. The lowest BCUT2D eigenvalue weighted by Gasteiger charge is -2.59. The van der Waals surface area contributed by atoms with Gasteiger partial charge >= 0.3 is 0 Å². The second kappa shape index (κ2) is 4.07. The Kier molecular flexibility index (Phi) is 3.43. The van der Waals surface area contributed by atoms with Gasteiger partial charge in [0.2, 0.25) is 5.91 Å². The van der Waals surface area contributed by atoms with E-state index >= 15 is 0 Å². The number of nitrogens with zero attached hydrogens (tertiary/aromatic N) is 1. The molecule has 2 rings (SSSR count). The number of nitrogens with two attached hydrogens (primary N) is 1. The topological polar surface area (TPSA) is 46.3 Å². The van der Waals surface area contributed by atoms with Crippen molar-refractivity contribution in [3.63, 3.8) is 0 Å². The van der Waals surface area contributed by atoms with Crippen LogP contribution in [0.1, 0.15) is 32.6 Å². The summed E-state index contributed by atoms with van der Waals surface area (Å²) >= 11 is 0. The van der Waals surface area contributed by atoms with Gasteiger partial charge in [-0.05, 0) is 25.7 Å². The van der Waals surface area contributed by atoms with Crippen molar-refractivity contribution < 1.29 is 4.79 Å². The quantitative estimate of drug-likeness (QED) is 0.756. The van der Waals surface area contributed by atoms with Gasteiger partial charge in [-0.2, -0.15) is 0 Å². The third kappa shape index (κ3) is 1.52. The van der Waals surface area contributed by atoms with Crippen molar-refractivity contribution in [1.82, 2.24) is 4.90 Å². The Morgan fingerprint density at radius 1 is 1.50 bits per heavy atom. The first-order chi connectivity index (χ1) is 6.19. The molecule has 1 aliphatic heterocycles. The smallest absolute Gasteiger partial charge is 0.227 e. The molecule has 1 saturated carbocycles. The van der Waals surface area contributed by atoms with Gasteiger partial charge in [-0.1, -0.05) is 6.92 Å². The van der Waals surface area contributed by atoms with E-state index in [0.717, 1.165) is 6.54 Å². The number of amides is 1. The number of carbonyl (C=O) groups excluding carboxylic acids is 1. The number of hydrogen-bond donors (Lipinski definition) is 1. The standard InChI is InChI=1S/C10H18N2O.ClH/c1-8(7-11)9(13)12-6-5-10(12)3-2-4-10;/h8H,2-7,11H2,1H3;1H. The molecule has 0 aromatic carbocycles. The fourth-order valence-corrected chi connectivity index (χ4v) is 2.36. The largest absolute Gasteiger partial charge is 0.337 e. The van der Waals surface area contributed by atoms with E-state index in [0.29, 0.717) is 12.1 Å². The molecule has 1 aliphatic carbocycles. The van der Waals surface area contributed by atoms with E-state index in [4.69, 9.17) is 5.73 Å². The van der Waals surface area contributed by atoms with Gasteiger partial charge < -0.3 is 10.6 Å². The molecule has 1 spiro atoms. The summed E-state index contributed by atoms with van der Waals surface area (Å²) in [6.45, 7) is 3.36. The molecule has 82 valence electrons. The van der Waals surface area contributed by atoms with Crippen LogP contribution >= 0.6 is 12.4 Å². The number of halogens is 1. The van der Waals surface area contributed by atoms with Gasteiger partial charge in [0.05, 0.1) is 0 Å². The van der Waals surface area contributed by atoms with E-state index in [1.807, 2.05) is 6.92 Å². The molecule has 3 nitrogen and oxygen atoms in total. The van der Waals surface area contributed by atoms with Crippen molar-refractivity contribution in [3.8, 4) is 0 Å². The molecule has 0 bridgehead atoms. The fourth-order valence-electron chi connectivity index (χ4n) is 2.36. The molecule has 1 saturated heterocycles. The van der Waals surface area contributed by atoms with Crippen LogP contribution < -0.4 is 5.73 Å². The van der Waals surface area contributed by atoms with Crippen LogP contribution in [-0.2, 0) is 4.79 Å². The highest BCUT2D eigenvalue weighted by molar-refractivity contribution is 5.85. The monoisotopic (exact) mass is 218 g/mol. The highest BCUT2D eigenvalue weighted by Crippen LogP contribution is 2.47. The molecule has 1 unspecified atom stereocenters. The molecule has 4 heteroatoms. The van der Waals surface area contributed by atoms with Crippen molar-refractivity contribution in [2.45, 2.75) is 38.1 Å². The van der Waals surface area contributed by atoms with Crippen molar-refractivity contribution in [2.75, 3.05) is 13.1 Å². The highest BCUT2D eigenvalue weighted by atomic mass is 35.5. The van der Waals surface area contributed by atoms with Crippen LogP contribution in [0.3, 0.4) is 0 Å². The third-order valence-electron chi connectivity index (χ3n) is 3.70. The Labute approximate surface area is 91.4 Å². The average Bonchev–Trinajstić information content (AvgIpc) is 1.98. The van der Waals surface area contributed by atoms with Crippen molar-refractivity contribution >= 4 is 18.3 Å². The normalized spacial score (nSPS) is 24.6. The molecule has 14 heavy (non-hydrogen) atoms. The van der Waals surface area contributed by atoms with Crippen LogP contribution in [0.2, 0.25) is 0 Å². The predicted octanol–water partition coefficient (Wildman–Crippen LogP) is 1.16. The van der Waals surface area contributed by atoms with Gasteiger partial charge in [-0.25, -0.2) is 0 Å². The number of likely N-dealkylation sites (tertiary alicyclic amines) is 1. The van der Waals surface area contributed by atoms with E-state index in [1.165, 1.54) is 25.7 Å². The molecule has 0 aromatic heterocycles. The number of rotatable bonds is 2. The Hall–Kier alpha value is -0.280. The predicted molar refractivity (Wildman–Crippen MR) is 58.4 cm³/mol. The Morgan fingerprint density at radius 2 is 2.14 bits per heavy atom. The van der Waals surface area contributed by atoms with Gasteiger partial charge in [-0.15, -0.1) is 12.4 Å². The minimum atomic E-state index is 0. The zero-order chi connectivity index (χ0) is 9.47. The number of carbonyl (C=O) groups is 1. The summed E-state index contributed by atoms with van der Waals surface area (Å²) in [7, 11) is 0. The van der Waals surface area contributed by atoms with Gasteiger partial charge in [0, 0.05) is 24.5 Å². The average molecular weight is 219 g/mol. The lowest BCUT2D eigenvalue weighted by molar-refractivity contribution is -0.159. The van der Waals surface area contributed by atoms with Gasteiger partial charge in [0.25, 0.3) is 0 Å². The first-order valence-electron chi connectivity index (χ1n) is 5.21. The second-order valence-corrected chi connectivity index (χ2v) is 4.45. The van der Waals surface area contributed by atoms with E-state index in [9.17, 15) is 4.79 Å². The molecule has 2 fully saturated rings. The molecule has 0 aromatic rings. The lowest BCUT2D eigenvalue weighted by Crippen LogP contribution is -2.66. The number of hydrogen-bond acceptors (Lipinski definition) is 2. The highest BCUT2D eigenvalue weighted by Gasteiger charge is 2.51.